The molecule has 146 valence electrons. The van der Waals surface area contributed by atoms with E-state index < -0.39 is 5.91 Å². The van der Waals surface area contributed by atoms with E-state index in [4.69, 9.17) is 0 Å². The fourth-order valence-corrected chi connectivity index (χ4v) is 3.34. The van der Waals surface area contributed by atoms with Crippen molar-refractivity contribution in [2.45, 2.75) is 20.4 Å². The van der Waals surface area contributed by atoms with E-state index in [1.54, 1.807) is 24.3 Å². The summed E-state index contributed by atoms with van der Waals surface area (Å²) >= 11 is 0. The Hall–Kier alpha value is -3.87. The highest BCUT2D eigenvalue weighted by atomic mass is 16.2. The number of fused-ring (bicyclic) bond motifs is 1. The van der Waals surface area contributed by atoms with Crippen molar-refractivity contribution in [1.82, 2.24) is 25.0 Å². The lowest BCUT2D eigenvalue weighted by molar-refractivity contribution is 0.0847. The lowest BCUT2D eigenvalue weighted by Crippen LogP contribution is -2.41. The zero-order chi connectivity index (χ0) is 20.4. The third-order valence-electron chi connectivity index (χ3n) is 4.84. The molecule has 0 bridgehead atoms. The molecular weight excluding hydrogens is 366 g/mol. The standard InChI is InChI=1S/C22H21N5O2/c1-3-27-15(2)23-19-14-17(8-11-20(19)27)22(29)25-24-21(28)16-6-9-18(10-7-16)26-12-4-5-13-26/h4-14H,3H2,1-2H3,(H,24,28)(H,25,29). The highest BCUT2D eigenvalue weighted by Crippen LogP contribution is 2.17. The van der Waals surface area contributed by atoms with Crippen LogP contribution < -0.4 is 10.9 Å². The number of aromatic nitrogens is 3. The summed E-state index contributed by atoms with van der Waals surface area (Å²) in [6, 6.07) is 16.3. The number of benzene rings is 2. The molecule has 4 rings (SSSR count). The van der Waals surface area contributed by atoms with Gasteiger partial charge in [0.2, 0.25) is 0 Å². The van der Waals surface area contributed by atoms with E-state index in [0.717, 1.165) is 29.1 Å². The first-order chi connectivity index (χ1) is 14.1. The van der Waals surface area contributed by atoms with E-state index >= 15 is 0 Å². The Morgan fingerprint density at radius 2 is 1.55 bits per heavy atom. The second kappa shape index (κ2) is 7.63. The lowest BCUT2D eigenvalue weighted by Gasteiger charge is -2.09. The first-order valence-electron chi connectivity index (χ1n) is 9.38. The summed E-state index contributed by atoms with van der Waals surface area (Å²) in [6.45, 7) is 4.80. The Bertz CT molecular complexity index is 1170. The number of nitrogens with one attached hydrogen (secondary N) is 2. The molecule has 0 spiro atoms. The van der Waals surface area contributed by atoms with E-state index in [0.29, 0.717) is 11.1 Å². The van der Waals surface area contributed by atoms with E-state index in [9.17, 15) is 9.59 Å². The van der Waals surface area contributed by atoms with Crippen LogP contribution in [0.4, 0.5) is 0 Å². The van der Waals surface area contributed by atoms with Gasteiger partial charge >= 0.3 is 0 Å². The number of carbonyl (C=O) groups is 2. The summed E-state index contributed by atoms with van der Waals surface area (Å²) in [5.74, 6) is 0.120. The molecule has 0 aliphatic rings. The van der Waals surface area contributed by atoms with Crippen molar-refractivity contribution in [3.05, 3.63) is 83.9 Å². The van der Waals surface area contributed by atoms with Crippen molar-refractivity contribution in [1.29, 1.82) is 0 Å². The average molecular weight is 387 g/mol. The number of carbonyl (C=O) groups excluding carboxylic acids is 2. The van der Waals surface area contributed by atoms with Gasteiger partial charge in [-0.05, 0) is 68.4 Å². The predicted molar refractivity (Wildman–Crippen MR) is 111 cm³/mol. The Morgan fingerprint density at radius 3 is 2.21 bits per heavy atom. The number of hydrogen-bond donors (Lipinski definition) is 2. The molecular formula is C22H21N5O2. The predicted octanol–water partition coefficient (Wildman–Crippen LogP) is 3.23. The molecule has 2 aromatic carbocycles. The summed E-state index contributed by atoms with van der Waals surface area (Å²) in [7, 11) is 0. The second-order valence-corrected chi connectivity index (χ2v) is 6.65. The number of nitrogens with zero attached hydrogens (tertiary/aromatic N) is 3. The van der Waals surface area contributed by atoms with Crippen molar-refractivity contribution in [2.24, 2.45) is 0 Å². The number of rotatable bonds is 4. The van der Waals surface area contributed by atoms with Gasteiger partial charge < -0.3 is 9.13 Å². The van der Waals surface area contributed by atoms with Gasteiger partial charge in [-0.25, -0.2) is 4.98 Å². The van der Waals surface area contributed by atoms with Gasteiger partial charge in [-0.2, -0.15) is 0 Å². The SMILES string of the molecule is CCn1c(C)nc2cc(C(=O)NNC(=O)c3ccc(-n4cccc4)cc3)ccc21. The third-order valence-corrected chi connectivity index (χ3v) is 4.84. The Balaban J connectivity index is 1.42. The van der Waals surface area contributed by atoms with Crippen LogP contribution in [0.15, 0.2) is 67.0 Å². The maximum atomic E-state index is 12.4. The smallest absolute Gasteiger partial charge is 0.269 e. The Labute approximate surface area is 168 Å². The summed E-state index contributed by atoms with van der Waals surface area (Å²) in [4.78, 5) is 29.3. The summed E-state index contributed by atoms with van der Waals surface area (Å²) < 4.78 is 4.03. The molecule has 2 amide bonds. The zero-order valence-electron chi connectivity index (χ0n) is 16.2. The van der Waals surface area contributed by atoms with Crippen LogP contribution in [0.3, 0.4) is 0 Å². The van der Waals surface area contributed by atoms with Gasteiger partial charge in [0.1, 0.15) is 5.82 Å². The van der Waals surface area contributed by atoms with Crippen LogP contribution in [-0.4, -0.2) is 25.9 Å². The molecule has 0 radical (unpaired) electrons. The van der Waals surface area contributed by atoms with Crippen LogP contribution in [0.1, 0.15) is 33.5 Å². The van der Waals surface area contributed by atoms with Crippen LogP contribution >= 0.6 is 0 Å². The fourth-order valence-electron chi connectivity index (χ4n) is 3.34. The molecule has 2 heterocycles. The maximum Gasteiger partial charge on any atom is 0.269 e. The van der Waals surface area contributed by atoms with Crippen molar-refractivity contribution in [3.8, 4) is 5.69 Å². The topological polar surface area (TPSA) is 81.0 Å². The van der Waals surface area contributed by atoms with Gasteiger partial charge in [0.05, 0.1) is 11.0 Å². The largest absolute Gasteiger partial charge is 0.329 e. The minimum Gasteiger partial charge on any atom is -0.329 e. The molecule has 0 fully saturated rings. The molecule has 0 atom stereocenters. The maximum absolute atomic E-state index is 12.4. The van der Waals surface area contributed by atoms with E-state index in [1.807, 2.05) is 54.2 Å². The molecule has 0 saturated heterocycles. The van der Waals surface area contributed by atoms with Crippen LogP contribution in [-0.2, 0) is 6.54 Å². The minimum atomic E-state index is -0.395. The first kappa shape index (κ1) is 18.5. The highest BCUT2D eigenvalue weighted by molar-refractivity contribution is 6.00. The average Bonchev–Trinajstić information content (AvgIpc) is 3.38. The Kier molecular flexibility index (Phi) is 4.87. The van der Waals surface area contributed by atoms with Gasteiger partial charge in [-0.1, -0.05) is 0 Å². The number of hydrazine groups is 1. The Morgan fingerprint density at radius 1 is 0.931 bits per heavy atom. The molecule has 7 nitrogen and oxygen atoms in total. The van der Waals surface area contributed by atoms with E-state index in [2.05, 4.69) is 27.3 Å². The number of hydrogen-bond acceptors (Lipinski definition) is 3. The molecule has 2 N–H and O–H groups in total. The van der Waals surface area contributed by atoms with Gasteiger partial charge in [-0.3, -0.25) is 20.4 Å². The van der Waals surface area contributed by atoms with Crippen molar-refractivity contribution in [2.75, 3.05) is 0 Å². The molecule has 2 aromatic heterocycles. The highest BCUT2D eigenvalue weighted by Gasteiger charge is 2.12. The summed E-state index contributed by atoms with van der Waals surface area (Å²) in [5.41, 5.74) is 8.49. The van der Waals surface area contributed by atoms with Crippen molar-refractivity contribution in [3.63, 3.8) is 0 Å². The normalized spacial score (nSPS) is 10.8. The third kappa shape index (κ3) is 3.62. The molecule has 29 heavy (non-hydrogen) atoms. The van der Waals surface area contributed by atoms with Crippen molar-refractivity contribution >= 4 is 22.8 Å². The number of imidazole rings is 1. The number of aryl methyl sites for hydroxylation is 2. The lowest BCUT2D eigenvalue weighted by atomic mass is 10.2. The van der Waals surface area contributed by atoms with Crippen molar-refractivity contribution < 1.29 is 9.59 Å². The monoisotopic (exact) mass is 387 g/mol. The van der Waals surface area contributed by atoms with Gasteiger partial charge in [0, 0.05) is 35.8 Å². The molecule has 0 aliphatic carbocycles. The van der Waals surface area contributed by atoms with Gasteiger partial charge in [0.25, 0.3) is 11.8 Å². The molecule has 0 saturated carbocycles. The van der Waals surface area contributed by atoms with Gasteiger partial charge in [-0.15, -0.1) is 0 Å². The van der Waals surface area contributed by atoms with Gasteiger partial charge in [0.15, 0.2) is 0 Å². The fraction of sp³-hybridized carbons (Fsp3) is 0.136. The van der Waals surface area contributed by atoms with Crippen LogP contribution in [0.5, 0.6) is 0 Å². The molecule has 7 heteroatoms. The molecule has 4 aromatic rings. The summed E-state index contributed by atoms with van der Waals surface area (Å²) in [5, 5.41) is 0. The second-order valence-electron chi connectivity index (χ2n) is 6.65. The van der Waals surface area contributed by atoms with E-state index in [-0.39, 0.29) is 5.91 Å². The van der Waals surface area contributed by atoms with Crippen LogP contribution in [0.25, 0.3) is 16.7 Å². The van der Waals surface area contributed by atoms with E-state index in [1.165, 1.54) is 0 Å². The van der Waals surface area contributed by atoms with Crippen LogP contribution in [0.2, 0.25) is 0 Å². The first-order valence-corrected chi connectivity index (χ1v) is 9.38. The minimum absolute atomic E-state index is 0.385. The quantitative estimate of drug-likeness (QED) is 0.528. The number of amides is 2. The van der Waals surface area contributed by atoms with Crippen LogP contribution in [0, 0.1) is 6.92 Å². The molecule has 0 unspecified atom stereocenters. The molecule has 0 aliphatic heterocycles. The summed E-state index contributed by atoms with van der Waals surface area (Å²) in [6.07, 6.45) is 3.86. The zero-order valence-corrected chi connectivity index (χ0v) is 16.2.